The normalized spacial score (nSPS) is 15.9. The second kappa shape index (κ2) is 11.9. The molecule has 2 N–H and O–H groups in total. The summed E-state index contributed by atoms with van der Waals surface area (Å²) in [5.41, 5.74) is 1.37. The number of amides is 1. The summed E-state index contributed by atoms with van der Waals surface area (Å²) in [7, 11) is 1.46. The monoisotopic (exact) mass is 636 g/mol. The predicted molar refractivity (Wildman–Crippen MR) is 162 cm³/mol. The van der Waals surface area contributed by atoms with Gasteiger partial charge in [-0.3, -0.25) is 4.79 Å². The van der Waals surface area contributed by atoms with Gasteiger partial charge in [0, 0.05) is 35.3 Å². The van der Waals surface area contributed by atoms with Crippen LogP contribution in [0.2, 0.25) is 0 Å². The lowest BCUT2D eigenvalue weighted by molar-refractivity contribution is -0.274. The SMILES string of the molecule is COc1cc(NC(C(=O)N2CC3(CC3)c3ccc(OC(F)(F)F)cc32)c2ccc(C#N)cc2)cc(C(C)=NOC(C)(C)C(=O)O)c1. The van der Waals surface area contributed by atoms with Crippen molar-refractivity contribution < 1.29 is 42.2 Å². The van der Waals surface area contributed by atoms with Crippen LogP contribution in [-0.2, 0) is 19.8 Å². The molecule has 1 aliphatic carbocycles. The number of nitrogens with one attached hydrogen (secondary N) is 1. The van der Waals surface area contributed by atoms with Crippen molar-refractivity contribution in [2.75, 3.05) is 23.9 Å². The number of rotatable bonds is 10. The second-order valence-electron chi connectivity index (χ2n) is 11.8. The number of fused-ring (bicyclic) bond motifs is 2. The Morgan fingerprint density at radius 1 is 1.07 bits per heavy atom. The summed E-state index contributed by atoms with van der Waals surface area (Å²) < 4.78 is 48.9. The molecule has 0 bridgehead atoms. The summed E-state index contributed by atoms with van der Waals surface area (Å²) in [4.78, 5) is 32.6. The fourth-order valence-electron chi connectivity index (χ4n) is 5.27. The summed E-state index contributed by atoms with van der Waals surface area (Å²) in [5, 5.41) is 25.9. The zero-order valence-corrected chi connectivity index (χ0v) is 25.4. The number of nitriles is 1. The van der Waals surface area contributed by atoms with E-state index in [1.807, 2.05) is 6.07 Å². The molecule has 13 heteroatoms. The highest BCUT2D eigenvalue weighted by Crippen LogP contribution is 2.57. The number of hydrogen-bond acceptors (Lipinski definition) is 8. The zero-order chi connectivity index (χ0) is 33.4. The Labute approximate surface area is 263 Å². The van der Waals surface area contributed by atoms with E-state index in [0.717, 1.165) is 18.4 Å². The van der Waals surface area contributed by atoms with Gasteiger partial charge in [-0.1, -0.05) is 23.4 Å². The second-order valence-corrected chi connectivity index (χ2v) is 11.8. The lowest BCUT2D eigenvalue weighted by Gasteiger charge is -2.27. The molecule has 3 aromatic rings. The van der Waals surface area contributed by atoms with Crippen LogP contribution in [0.3, 0.4) is 0 Å². The van der Waals surface area contributed by atoms with Gasteiger partial charge in [-0.05, 0) is 75.1 Å². The van der Waals surface area contributed by atoms with Gasteiger partial charge in [-0.15, -0.1) is 13.2 Å². The van der Waals surface area contributed by atoms with E-state index >= 15 is 0 Å². The number of carboxylic acids is 1. The molecular weight excluding hydrogens is 605 g/mol. The minimum absolute atomic E-state index is 0.289. The molecule has 1 aliphatic heterocycles. The molecular formula is C33H31F3N4O6. The molecule has 46 heavy (non-hydrogen) atoms. The van der Waals surface area contributed by atoms with Crippen LogP contribution < -0.4 is 19.7 Å². The van der Waals surface area contributed by atoms with Gasteiger partial charge >= 0.3 is 12.3 Å². The first-order valence-corrected chi connectivity index (χ1v) is 14.3. The number of carbonyl (C=O) groups excluding carboxylic acids is 1. The van der Waals surface area contributed by atoms with E-state index in [-0.39, 0.29) is 12.0 Å². The van der Waals surface area contributed by atoms with Gasteiger partial charge < -0.3 is 29.6 Å². The quantitative estimate of drug-likeness (QED) is 0.196. The zero-order valence-electron chi connectivity index (χ0n) is 25.4. The maximum absolute atomic E-state index is 14.4. The molecule has 2 aliphatic rings. The number of halogens is 3. The molecule has 1 unspecified atom stereocenters. The molecule has 1 amide bonds. The third-order valence-corrected chi connectivity index (χ3v) is 8.06. The number of oxime groups is 1. The summed E-state index contributed by atoms with van der Waals surface area (Å²) in [6.07, 6.45) is -3.32. The third kappa shape index (κ3) is 6.71. The summed E-state index contributed by atoms with van der Waals surface area (Å²) in [5.74, 6) is -1.66. The van der Waals surface area contributed by atoms with Gasteiger partial charge in [0.1, 0.15) is 17.5 Å². The minimum Gasteiger partial charge on any atom is -0.497 e. The van der Waals surface area contributed by atoms with E-state index < -0.39 is 35.6 Å². The van der Waals surface area contributed by atoms with Crippen LogP contribution in [0.15, 0.2) is 65.8 Å². The number of anilines is 2. The average molecular weight is 637 g/mol. The average Bonchev–Trinajstić information content (AvgIpc) is 3.73. The van der Waals surface area contributed by atoms with Crippen LogP contribution in [0.1, 0.15) is 61.9 Å². The Bertz CT molecular complexity index is 1740. The van der Waals surface area contributed by atoms with Crippen molar-refractivity contribution in [1.82, 2.24) is 0 Å². The lowest BCUT2D eigenvalue weighted by atomic mass is 9.99. The van der Waals surface area contributed by atoms with E-state index in [0.29, 0.717) is 39.5 Å². The van der Waals surface area contributed by atoms with E-state index in [2.05, 4.69) is 15.2 Å². The number of alkyl halides is 3. The summed E-state index contributed by atoms with van der Waals surface area (Å²) in [6, 6.07) is 16.5. The molecule has 10 nitrogen and oxygen atoms in total. The fourth-order valence-corrected chi connectivity index (χ4v) is 5.27. The van der Waals surface area contributed by atoms with E-state index in [1.165, 1.54) is 38.0 Å². The van der Waals surface area contributed by atoms with Crippen LogP contribution >= 0.6 is 0 Å². The molecule has 0 saturated heterocycles. The third-order valence-electron chi connectivity index (χ3n) is 8.06. The maximum atomic E-state index is 14.4. The number of ether oxygens (including phenoxy) is 2. The van der Waals surface area contributed by atoms with Crippen LogP contribution in [-0.4, -0.2) is 48.3 Å². The standard InChI is InChI=1S/C33H31F3N4O6/c1-19(39-46-31(2,3)30(42)43)22-13-23(15-25(14-22)44-4)38-28(21-7-5-20(17-37)6-8-21)29(41)40-18-32(11-12-32)26-10-9-24(16-27(26)40)45-33(34,35)36/h5-10,13-16,28,38H,11-12,18H2,1-4H3,(H,42,43). The van der Waals surface area contributed by atoms with Gasteiger partial charge in [-0.2, -0.15) is 5.26 Å². The van der Waals surface area contributed by atoms with Gasteiger partial charge in [0.25, 0.3) is 5.91 Å². The summed E-state index contributed by atoms with van der Waals surface area (Å²) >= 11 is 0. The smallest absolute Gasteiger partial charge is 0.497 e. The number of benzene rings is 3. The van der Waals surface area contributed by atoms with Crippen LogP contribution in [0.5, 0.6) is 11.5 Å². The minimum atomic E-state index is -4.90. The van der Waals surface area contributed by atoms with E-state index in [1.54, 1.807) is 55.5 Å². The molecule has 1 heterocycles. The number of hydrogen-bond donors (Lipinski definition) is 2. The van der Waals surface area contributed by atoms with Gasteiger partial charge in [-0.25, -0.2) is 4.79 Å². The van der Waals surface area contributed by atoms with Crippen molar-refractivity contribution in [3.8, 4) is 17.6 Å². The van der Waals surface area contributed by atoms with Gasteiger partial charge in [0.2, 0.25) is 5.60 Å². The Hall–Kier alpha value is -5.25. The number of aliphatic carboxylic acids is 1. The van der Waals surface area contributed by atoms with Gasteiger partial charge in [0.15, 0.2) is 0 Å². The van der Waals surface area contributed by atoms with Crippen molar-refractivity contribution in [3.63, 3.8) is 0 Å². The highest BCUT2D eigenvalue weighted by atomic mass is 19.4. The molecule has 1 atom stereocenters. The molecule has 1 fully saturated rings. The van der Waals surface area contributed by atoms with Crippen molar-refractivity contribution in [1.29, 1.82) is 5.26 Å². The van der Waals surface area contributed by atoms with Crippen LogP contribution in [0.4, 0.5) is 24.5 Å². The Balaban J connectivity index is 1.53. The fraction of sp³-hybridized carbons (Fsp3) is 0.333. The first-order valence-electron chi connectivity index (χ1n) is 14.3. The highest BCUT2D eigenvalue weighted by molar-refractivity contribution is 6.03. The van der Waals surface area contributed by atoms with Crippen LogP contribution in [0, 0.1) is 11.3 Å². The maximum Gasteiger partial charge on any atom is 0.573 e. The highest BCUT2D eigenvalue weighted by Gasteiger charge is 2.54. The van der Waals surface area contributed by atoms with Gasteiger partial charge in [0.05, 0.1) is 30.1 Å². The molecule has 5 rings (SSSR count). The number of carbonyl (C=O) groups is 2. The predicted octanol–water partition coefficient (Wildman–Crippen LogP) is 6.30. The van der Waals surface area contributed by atoms with Crippen molar-refractivity contribution in [2.24, 2.45) is 5.16 Å². The molecule has 0 radical (unpaired) electrons. The number of methoxy groups -OCH3 is 1. The number of nitrogens with zero attached hydrogens (tertiary/aromatic N) is 3. The van der Waals surface area contributed by atoms with Crippen molar-refractivity contribution in [3.05, 3.63) is 82.9 Å². The summed E-state index contributed by atoms with van der Waals surface area (Å²) in [6.45, 7) is 4.63. The molecule has 1 saturated carbocycles. The molecule has 3 aromatic carbocycles. The first kappa shape index (κ1) is 32.2. The lowest BCUT2D eigenvalue weighted by Crippen LogP contribution is -2.38. The largest absolute Gasteiger partial charge is 0.573 e. The van der Waals surface area contributed by atoms with Crippen molar-refractivity contribution >= 4 is 29.0 Å². The molecule has 240 valence electrons. The Morgan fingerprint density at radius 3 is 2.35 bits per heavy atom. The number of carboxylic acid groups (broad SMARTS) is 1. The van der Waals surface area contributed by atoms with E-state index in [9.17, 15) is 33.1 Å². The Kier molecular flexibility index (Phi) is 8.33. The molecule has 0 aromatic heterocycles. The topological polar surface area (TPSA) is 133 Å². The first-order chi connectivity index (χ1) is 21.6. The Morgan fingerprint density at radius 2 is 1.76 bits per heavy atom. The molecule has 1 spiro atoms. The van der Waals surface area contributed by atoms with E-state index in [4.69, 9.17) is 9.57 Å². The van der Waals surface area contributed by atoms with Crippen LogP contribution in [0.25, 0.3) is 0 Å². The van der Waals surface area contributed by atoms with Crippen molar-refractivity contribution in [2.45, 2.75) is 57.0 Å².